The van der Waals surface area contributed by atoms with Crippen LogP contribution in [0.3, 0.4) is 0 Å². The number of hydrogen-bond acceptors (Lipinski definition) is 8. The van der Waals surface area contributed by atoms with Crippen LogP contribution in [0.15, 0.2) is 72.8 Å². The van der Waals surface area contributed by atoms with E-state index in [0.29, 0.717) is 41.7 Å². The van der Waals surface area contributed by atoms with Gasteiger partial charge in [0, 0.05) is 5.56 Å². The number of methoxy groups -OCH3 is 2. The molecule has 0 saturated heterocycles. The summed E-state index contributed by atoms with van der Waals surface area (Å²) in [5, 5.41) is 4.64. The Hall–Kier alpha value is -4.79. The van der Waals surface area contributed by atoms with Crippen molar-refractivity contribution >= 4 is 11.9 Å². The van der Waals surface area contributed by atoms with Gasteiger partial charge in [-0.05, 0) is 55.8 Å². The maximum atomic E-state index is 12.9. The lowest BCUT2D eigenvalue weighted by atomic mass is 10.1. The Kier molecular flexibility index (Phi) is 8.83. The number of carbonyl (C=O) groups excluding carboxylic acids is 2. The van der Waals surface area contributed by atoms with Gasteiger partial charge < -0.3 is 23.7 Å². The fourth-order valence-corrected chi connectivity index (χ4v) is 4.04. The van der Waals surface area contributed by atoms with Crippen LogP contribution in [0.25, 0.3) is 16.9 Å². The predicted molar refractivity (Wildman–Crippen MR) is 145 cm³/mol. The standard InChI is InChI=1S/C30H30N2O7/c1-5-37-24-16-15-20(17-25(24)38-6-2)19-39-23-14-10-11-21(18-23)27-26(29(33)35-3)28(30(34)36-4)32(31-27)22-12-8-7-9-13-22/h7-18H,5-6,19H2,1-4H3. The molecule has 0 spiro atoms. The van der Waals surface area contributed by atoms with Crippen LogP contribution in [0.1, 0.15) is 40.3 Å². The molecule has 39 heavy (non-hydrogen) atoms. The minimum absolute atomic E-state index is 0.00165. The Bertz CT molecular complexity index is 1450. The number of nitrogens with zero attached hydrogens (tertiary/aromatic N) is 2. The van der Waals surface area contributed by atoms with Crippen molar-refractivity contribution < 1.29 is 33.3 Å². The Morgan fingerprint density at radius 2 is 1.49 bits per heavy atom. The van der Waals surface area contributed by atoms with Gasteiger partial charge in [-0.25, -0.2) is 14.3 Å². The number of aromatic nitrogens is 2. The van der Waals surface area contributed by atoms with Gasteiger partial charge in [0.2, 0.25) is 0 Å². The zero-order chi connectivity index (χ0) is 27.8. The molecule has 0 aliphatic heterocycles. The van der Waals surface area contributed by atoms with Crippen LogP contribution in [0.2, 0.25) is 0 Å². The minimum atomic E-state index is -0.717. The third-order valence-corrected chi connectivity index (χ3v) is 5.78. The average molecular weight is 531 g/mol. The van der Waals surface area contributed by atoms with Gasteiger partial charge in [0.25, 0.3) is 0 Å². The fourth-order valence-electron chi connectivity index (χ4n) is 4.04. The maximum Gasteiger partial charge on any atom is 0.357 e. The molecule has 0 atom stereocenters. The number of benzene rings is 3. The van der Waals surface area contributed by atoms with Gasteiger partial charge in [-0.2, -0.15) is 5.10 Å². The second-order valence-corrected chi connectivity index (χ2v) is 8.27. The van der Waals surface area contributed by atoms with Crippen LogP contribution < -0.4 is 14.2 Å². The number of esters is 2. The maximum absolute atomic E-state index is 12.9. The van der Waals surface area contributed by atoms with Crippen LogP contribution in [0.5, 0.6) is 17.2 Å². The summed E-state index contributed by atoms with van der Waals surface area (Å²) in [6.45, 7) is 5.15. The SMILES string of the molecule is CCOc1ccc(COc2cccc(-c3nn(-c4ccccc4)c(C(=O)OC)c3C(=O)OC)c2)cc1OCC. The van der Waals surface area contributed by atoms with Crippen LogP contribution in [-0.4, -0.2) is 49.2 Å². The molecule has 0 radical (unpaired) electrons. The summed E-state index contributed by atoms with van der Waals surface area (Å²) in [7, 11) is 2.50. The van der Waals surface area contributed by atoms with E-state index < -0.39 is 11.9 Å². The molecule has 3 aromatic carbocycles. The molecule has 0 aliphatic rings. The molecule has 0 bridgehead atoms. The smallest absolute Gasteiger partial charge is 0.357 e. The third-order valence-electron chi connectivity index (χ3n) is 5.78. The molecular formula is C30H30N2O7. The highest BCUT2D eigenvalue weighted by molar-refractivity contribution is 6.06. The lowest BCUT2D eigenvalue weighted by Gasteiger charge is -2.13. The molecule has 1 heterocycles. The number of hydrogen-bond donors (Lipinski definition) is 0. The Morgan fingerprint density at radius 1 is 0.769 bits per heavy atom. The fraction of sp³-hybridized carbons (Fsp3) is 0.233. The predicted octanol–water partition coefficient (Wildman–Crippen LogP) is 5.49. The van der Waals surface area contributed by atoms with Crippen molar-refractivity contribution in [3.8, 4) is 34.2 Å². The molecule has 0 N–H and O–H groups in total. The molecule has 1 aromatic heterocycles. The number of ether oxygens (including phenoxy) is 5. The van der Waals surface area contributed by atoms with Crippen LogP contribution in [0, 0.1) is 0 Å². The Balaban J connectivity index is 1.70. The molecule has 0 aliphatic carbocycles. The lowest BCUT2D eigenvalue weighted by Crippen LogP contribution is -2.15. The highest BCUT2D eigenvalue weighted by Crippen LogP contribution is 2.32. The molecule has 4 aromatic rings. The van der Waals surface area contributed by atoms with Crippen LogP contribution in [0.4, 0.5) is 0 Å². The van der Waals surface area contributed by atoms with Gasteiger partial charge in [0.15, 0.2) is 17.2 Å². The molecule has 9 nitrogen and oxygen atoms in total. The summed E-state index contributed by atoms with van der Waals surface area (Å²) in [5.41, 5.74) is 2.27. The highest BCUT2D eigenvalue weighted by atomic mass is 16.5. The van der Waals surface area contributed by atoms with E-state index in [1.165, 1.54) is 18.9 Å². The van der Waals surface area contributed by atoms with Gasteiger partial charge in [0.05, 0.1) is 33.1 Å². The summed E-state index contributed by atoms with van der Waals surface area (Å²) in [6, 6.07) is 21.8. The molecule has 0 unspecified atom stereocenters. The van der Waals surface area contributed by atoms with Gasteiger partial charge in [-0.1, -0.05) is 36.4 Å². The molecular weight excluding hydrogens is 500 g/mol. The molecule has 202 valence electrons. The van der Waals surface area contributed by atoms with Crippen molar-refractivity contribution in [3.05, 3.63) is 89.6 Å². The van der Waals surface area contributed by atoms with E-state index in [0.717, 1.165) is 5.56 Å². The second kappa shape index (κ2) is 12.6. The van der Waals surface area contributed by atoms with Crippen molar-refractivity contribution in [2.24, 2.45) is 0 Å². The normalized spacial score (nSPS) is 10.6. The number of carbonyl (C=O) groups is 2. The molecule has 9 heteroatoms. The van der Waals surface area contributed by atoms with Crippen molar-refractivity contribution in [1.29, 1.82) is 0 Å². The first-order valence-corrected chi connectivity index (χ1v) is 12.5. The van der Waals surface area contributed by atoms with Gasteiger partial charge >= 0.3 is 11.9 Å². The summed E-state index contributed by atoms with van der Waals surface area (Å²) < 4.78 is 28.8. The number of para-hydroxylation sites is 1. The molecule has 4 rings (SSSR count). The van der Waals surface area contributed by atoms with E-state index in [-0.39, 0.29) is 23.6 Å². The van der Waals surface area contributed by atoms with Gasteiger partial charge in [-0.3, -0.25) is 0 Å². The number of rotatable bonds is 11. The lowest BCUT2D eigenvalue weighted by molar-refractivity contribution is 0.0549. The Morgan fingerprint density at radius 3 is 2.18 bits per heavy atom. The van der Waals surface area contributed by atoms with Gasteiger partial charge in [0.1, 0.15) is 23.6 Å². The van der Waals surface area contributed by atoms with E-state index in [2.05, 4.69) is 5.10 Å². The van der Waals surface area contributed by atoms with Crippen molar-refractivity contribution in [3.63, 3.8) is 0 Å². The van der Waals surface area contributed by atoms with Gasteiger partial charge in [-0.15, -0.1) is 0 Å². The largest absolute Gasteiger partial charge is 0.490 e. The van der Waals surface area contributed by atoms with E-state index in [4.69, 9.17) is 23.7 Å². The van der Waals surface area contributed by atoms with Crippen LogP contribution in [-0.2, 0) is 16.1 Å². The topological polar surface area (TPSA) is 98.1 Å². The van der Waals surface area contributed by atoms with Crippen molar-refractivity contribution in [2.75, 3.05) is 27.4 Å². The summed E-state index contributed by atoms with van der Waals surface area (Å²) in [6.07, 6.45) is 0. The first-order chi connectivity index (χ1) is 19.0. The van der Waals surface area contributed by atoms with E-state index in [1.807, 2.05) is 50.2 Å². The average Bonchev–Trinajstić information content (AvgIpc) is 3.38. The summed E-state index contributed by atoms with van der Waals surface area (Å²) in [4.78, 5) is 25.7. The first kappa shape index (κ1) is 27.3. The monoisotopic (exact) mass is 530 g/mol. The highest BCUT2D eigenvalue weighted by Gasteiger charge is 2.31. The summed E-state index contributed by atoms with van der Waals surface area (Å²) >= 11 is 0. The second-order valence-electron chi connectivity index (χ2n) is 8.27. The van der Waals surface area contributed by atoms with Crippen molar-refractivity contribution in [1.82, 2.24) is 9.78 Å². The van der Waals surface area contributed by atoms with Crippen molar-refractivity contribution in [2.45, 2.75) is 20.5 Å². The molecule has 0 saturated carbocycles. The molecule has 0 amide bonds. The Labute approximate surface area is 226 Å². The quantitative estimate of drug-likeness (QED) is 0.235. The third kappa shape index (κ3) is 6.04. The zero-order valence-corrected chi connectivity index (χ0v) is 22.3. The van der Waals surface area contributed by atoms with Crippen LogP contribution >= 0.6 is 0 Å². The van der Waals surface area contributed by atoms with E-state index in [9.17, 15) is 9.59 Å². The van der Waals surface area contributed by atoms with E-state index in [1.54, 1.807) is 36.4 Å². The minimum Gasteiger partial charge on any atom is -0.490 e. The molecule has 0 fully saturated rings. The van der Waals surface area contributed by atoms with E-state index >= 15 is 0 Å². The zero-order valence-electron chi connectivity index (χ0n) is 22.3. The first-order valence-electron chi connectivity index (χ1n) is 12.5. The summed E-state index contributed by atoms with van der Waals surface area (Å²) in [5.74, 6) is 0.446.